The highest BCUT2D eigenvalue weighted by Crippen LogP contribution is 2.32. The molecule has 0 aliphatic rings. The average Bonchev–Trinajstić information content (AvgIpc) is 2.76. The summed E-state index contributed by atoms with van der Waals surface area (Å²) in [5, 5.41) is 12.0. The Labute approximate surface area is 107 Å². The molecular formula is C10H8ClN5S. The zero-order valence-electron chi connectivity index (χ0n) is 8.88. The van der Waals surface area contributed by atoms with Crippen LogP contribution in [0.15, 0.2) is 24.5 Å². The van der Waals surface area contributed by atoms with E-state index < -0.39 is 0 Å². The van der Waals surface area contributed by atoms with Crippen LogP contribution in [0.2, 0.25) is 4.34 Å². The molecule has 0 aromatic carbocycles. The van der Waals surface area contributed by atoms with Crippen LogP contribution >= 0.6 is 22.9 Å². The van der Waals surface area contributed by atoms with Gasteiger partial charge in [0.1, 0.15) is 18.0 Å². The predicted octanol–water partition coefficient (Wildman–Crippen LogP) is 2.85. The highest BCUT2D eigenvalue weighted by Gasteiger charge is 2.08. The van der Waals surface area contributed by atoms with Crippen LogP contribution in [-0.4, -0.2) is 17.0 Å². The van der Waals surface area contributed by atoms with Crippen LogP contribution in [-0.2, 0) is 0 Å². The summed E-state index contributed by atoms with van der Waals surface area (Å²) in [4.78, 5) is 9.93. The van der Waals surface area contributed by atoms with Crippen LogP contribution in [0.1, 0.15) is 0 Å². The first-order valence-corrected chi connectivity index (χ1v) is 5.86. The summed E-state index contributed by atoms with van der Waals surface area (Å²) >= 11 is 7.33. The number of rotatable bonds is 3. The maximum Gasteiger partial charge on any atom is 0.182 e. The van der Waals surface area contributed by atoms with Gasteiger partial charge in [-0.15, -0.1) is 11.3 Å². The van der Waals surface area contributed by atoms with Gasteiger partial charge in [0.15, 0.2) is 6.19 Å². The lowest BCUT2D eigenvalue weighted by Crippen LogP contribution is -2.10. The first-order chi connectivity index (χ1) is 8.20. The molecule has 0 amide bonds. The Bertz CT molecular complexity index is 562. The van der Waals surface area contributed by atoms with Gasteiger partial charge in [0, 0.05) is 13.1 Å². The lowest BCUT2D eigenvalue weighted by Gasteiger charge is -2.15. The molecule has 0 radical (unpaired) electrons. The van der Waals surface area contributed by atoms with Gasteiger partial charge in [-0.25, -0.2) is 9.97 Å². The molecule has 0 atom stereocenters. The van der Waals surface area contributed by atoms with Crippen molar-refractivity contribution >= 4 is 39.6 Å². The van der Waals surface area contributed by atoms with E-state index in [1.54, 1.807) is 6.07 Å². The molecule has 2 heterocycles. The van der Waals surface area contributed by atoms with E-state index in [1.807, 2.05) is 30.3 Å². The average molecular weight is 266 g/mol. The molecule has 0 bridgehead atoms. The summed E-state index contributed by atoms with van der Waals surface area (Å²) in [6.45, 7) is 0. The fourth-order valence-corrected chi connectivity index (χ4v) is 2.26. The molecule has 7 heteroatoms. The minimum absolute atomic E-state index is 0.465. The molecule has 2 aromatic heterocycles. The van der Waals surface area contributed by atoms with Gasteiger partial charge in [-0.05, 0) is 12.1 Å². The number of hydrogen-bond acceptors (Lipinski definition) is 6. The maximum atomic E-state index is 8.52. The van der Waals surface area contributed by atoms with E-state index in [0.29, 0.717) is 11.6 Å². The largest absolute Gasteiger partial charge is 0.321 e. The van der Waals surface area contributed by atoms with Gasteiger partial charge >= 0.3 is 0 Å². The zero-order valence-corrected chi connectivity index (χ0v) is 10.5. The van der Waals surface area contributed by atoms with Crippen molar-refractivity contribution in [1.29, 1.82) is 5.26 Å². The number of halogens is 1. The summed E-state index contributed by atoms with van der Waals surface area (Å²) in [7, 11) is 1.88. The fourth-order valence-electron chi connectivity index (χ4n) is 1.25. The third-order valence-corrected chi connectivity index (χ3v) is 3.38. The van der Waals surface area contributed by atoms with Crippen LogP contribution in [0.3, 0.4) is 0 Å². The summed E-state index contributed by atoms with van der Waals surface area (Å²) in [6.07, 6.45) is 3.22. The SMILES string of the molecule is CN(c1cc(NC#N)ncn1)c1ccc(Cl)s1. The van der Waals surface area contributed by atoms with Crippen LogP contribution < -0.4 is 10.2 Å². The van der Waals surface area contributed by atoms with Crippen molar-refractivity contribution in [3.05, 3.63) is 28.9 Å². The molecule has 1 N–H and O–H groups in total. The van der Waals surface area contributed by atoms with E-state index in [4.69, 9.17) is 16.9 Å². The Hall–Kier alpha value is -1.84. The summed E-state index contributed by atoms with van der Waals surface area (Å²) in [5.41, 5.74) is 0. The van der Waals surface area contributed by atoms with E-state index in [2.05, 4.69) is 15.3 Å². The monoisotopic (exact) mass is 265 g/mol. The topological polar surface area (TPSA) is 64.8 Å². The summed E-state index contributed by atoms with van der Waals surface area (Å²) in [6, 6.07) is 5.43. The number of anilines is 3. The molecule has 2 rings (SSSR count). The lowest BCUT2D eigenvalue weighted by molar-refractivity contribution is 1.09. The van der Waals surface area contributed by atoms with Gasteiger partial charge in [0.2, 0.25) is 0 Å². The summed E-state index contributed by atoms with van der Waals surface area (Å²) in [5.74, 6) is 1.16. The zero-order chi connectivity index (χ0) is 12.3. The minimum atomic E-state index is 0.465. The van der Waals surface area contributed by atoms with Gasteiger partial charge in [-0.1, -0.05) is 11.6 Å². The highest BCUT2D eigenvalue weighted by atomic mass is 35.5. The summed E-state index contributed by atoms with van der Waals surface area (Å²) < 4.78 is 0.719. The van der Waals surface area contributed by atoms with E-state index in [0.717, 1.165) is 9.34 Å². The first-order valence-electron chi connectivity index (χ1n) is 4.67. The second kappa shape index (κ2) is 4.99. The Kier molecular flexibility index (Phi) is 3.42. The molecule has 0 spiro atoms. The molecule has 0 aliphatic carbocycles. The van der Waals surface area contributed by atoms with Crippen molar-refractivity contribution in [3.63, 3.8) is 0 Å². The van der Waals surface area contributed by atoms with Gasteiger partial charge in [0.05, 0.1) is 9.34 Å². The molecule has 17 heavy (non-hydrogen) atoms. The first kappa shape index (κ1) is 11.6. The molecular weight excluding hydrogens is 258 g/mol. The molecule has 0 aliphatic heterocycles. The standard InChI is InChI=1S/C10H8ClN5S/c1-16(10-3-2-7(11)17-10)9-4-8(13-5-12)14-6-15-9/h2-4,6H,1H3,(H,13,14,15). The number of nitrogens with zero attached hydrogens (tertiary/aromatic N) is 4. The Morgan fingerprint density at radius 3 is 2.94 bits per heavy atom. The number of thiophene rings is 1. The van der Waals surface area contributed by atoms with Gasteiger partial charge in [-0.3, -0.25) is 5.32 Å². The van der Waals surface area contributed by atoms with Gasteiger partial charge in [-0.2, -0.15) is 5.26 Å². The van der Waals surface area contributed by atoms with Crippen molar-refractivity contribution in [1.82, 2.24) is 9.97 Å². The molecule has 0 unspecified atom stereocenters. The van der Waals surface area contributed by atoms with Crippen molar-refractivity contribution in [2.45, 2.75) is 0 Å². The van der Waals surface area contributed by atoms with Gasteiger partial charge in [0.25, 0.3) is 0 Å². The van der Waals surface area contributed by atoms with Crippen LogP contribution in [0.25, 0.3) is 0 Å². The van der Waals surface area contributed by atoms with Crippen LogP contribution in [0.5, 0.6) is 0 Å². The molecule has 5 nitrogen and oxygen atoms in total. The third kappa shape index (κ3) is 2.64. The maximum absolute atomic E-state index is 8.52. The molecule has 2 aromatic rings. The van der Waals surface area contributed by atoms with Crippen molar-refractivity contribution < 1.29 is 0 Å². The van der Waals surface area contributed by atoms with Crippen LogP contribution in [0, 0.1) is 11.5 Å². The number of aromatic nitrogens is 2. The predicted molar refractivity (Wildman–Crippen MR) is 68.7 cm³/mol. The molecule has 0 saturated carbocycles. The molecule has 0 fully saturated rings. The molecule has 0 saturated heterocycles. The fraction of sp³-hybridized carbons (Fsp3) is 0.100. The number of nitrogens with one attached hydrogen (secondary N) is 1. The second-order valence-corrected chi connectivity index (χ2v) is 4.83. The van der Waals surface area contributed by atoms with Crippen LogP contribution in [0.4, 0.5) is 16.6 Å². The normalized spacial score (nSPS) is 9.71. The van der Waals surface area contributed by atoms with E-state index in [-0.39, 0.29) is 0 Å². The molecule has 86 valence electrons. The quantitative estimate of drug-likeness (QED) is 0.683. The lowest BCUT2D eigenvalue weighted by atomic mass is 10.4. The highest BCUT2D eigenvalue weighted by molar-refractivity contribution is 7.20. The smallest absolute Gasteiger partial charge is 0.182 e. The number of hydrogen-bond donors (Lipinski definition) is 1. The third-order valence-electron chi connectivity index (χ3n) is 2.07. The van der Waals surface area contributed by atoms with E-state index in [1.165, 1.54) is 17.7 Å². The van der Waals surface area contributed by atoms with Gasteiger partial charge < -0.3 is 4.90 Å². The Morgan fingerprint density at radius 1 is 1.47 bits per heavy atom. The van der Waals surface area contributed by atoms with Crippen molar-refractivity contribution in [2.24, 2.45) is 0 Å². The van der Waals surface area contributed by atoms with Crippen molar-refractivity contribution in [3.8, 4) is 6.19 Å². The minimum Gasteiger partial charge on any atom is -0.321 e. The van der Waals surface area contributed by atoms with E-state index >= 15 is 0 Å². The second-order valence-electron chi connectivity index (χ2n) is 3.14. The van der Waals surface area contributed by atoms with E-state index in [9.17, 15) is 0 Å². The Morgan fingerprint density at radius 2 is 2.29 bits per heavy atom. The number of nitriles is 1. The van der Waals surface area contributed by atoms with Crippen molar-refractivity contribution in [2.75, 3.05) is 17.3 Å². The Balaban J connectivity index is 2.28.